The fraction of sp³-hybridized carbons (Fsp3) is 0.333. The van der Waals surface area contributed by atoms with Gasteiger partial charge in [-0.05, 0) is 0 Å². The summed E-state index contributed by atoms with van der Waals surface area (Å²) in [5.74, 6) is -4.20. The number of carboxylic acid groups (broad SMARTS) is 1. The lowest BCUT2D eigenvalue weighted by atomic mass is 10.2. The van der Waals surface area contributed by atoms with E-state index in [2.05, 4.69) is 9.68 Å². The molecule has 15 heavy (non-hydrogen) atoms. The van der Waals surface area contributed by atoms with E-state index in [1.54, 1.807) is 0 Å². The van der Waals surface area contributed by atoms with Gasteiger partial charge >= 0.3 is 12.1 Å². The monoisotopic (exact) mass is 231 g/mol. The van der Waals surface area contributed by atoms with E-state index in [0.29, 0.717) is 0 Å². The van der Waals surface area contributed by atoms with Crippen LogP contribution in [0.1, 0.15) is 28.2 Å². The van der Waals surface area contributed by atoms with E-state index in [4.69, 9.17) is 5.11 Å². The molecule has 0 amide bonds. The molecule has 1 rings (SSSR count). The molecule has 0 aliphatic carbocycles. The molecule has 0 spiro atoms. The first-order chi connectivity index (χ1) is 6.75. The predicted octanol–water partition coefficient (Wildman–Crippen LogP) is 2.33. The van der Waals surface area contributed by atoms with E-state index < -0.39 is 35.6 Å². The number of aromatic carboxylic acids is 1. The molecular weight excluding hydrogens is 229 g/mol. The molecule has 1 heterocycles. The second-order valence-corrected chi connectivity index (χ2v) is 2.38. The average molecular weight is 231 g/mol. The van der Waals surface area contributed by atoms with Crippen LogP contribution in [-0.4, -0.2) is 16.2 Å². The molecule has 9 heteroatoms. The standard InChI is InChI=1S/C6H2F5NO3/c7-4(8)2-1(5(13)14)3(15-12-2)6(9,10)11/h4H,(H,13,14). The second-order valence-electron chi connectivity index (χ2n) is 2.38. The summed E-state index contributed by atoms with van der Waals surface area (Å²) in [5.41, 5.74) is -3.19. The Balaban J connectivity index is 3.37. The number of rotatable bonds is 2. The van der Waals surface area contributed by atoms with Crippen molar-refractivity contribution in [2.24, 2.45) is 0 Å². The smallest absolute Gasteiger partial charge is 0.453 e. The summed E-state index contributed by atoms with van der Waals surface area (Å²) in [4.78, 5) is 10.3. The molecular formula is C6H2F5NO3. The first-order valence-corrected chi connectivity index (χ1v) is 3.33. The predicted molar refractivity (Wildman–Crippen MR) is 33.4 cm³/mol. The Bertz CT molecular complexity index is 383. The number of alkyl halides is 5. The molecule has 0 radical (unpaired) electrons. The molecule has 0 saturated carbocycles. The summed E-state index contributed by atoms with van der Waals surface area (Å²) in [7, 11) is 0. The number of carboxylic acids is 1. The van der Waals surface area contributed by atoms with Gasteiger partial charge in [0.25, 0.3) is 12.2 Å². The van der Waals surface area contributed by atoms with E-state index in [1.807, 2.05) is 0 Å². The zero-order chi connectivity index (χ0) is 11.8. The molecule has 1 aromatic rings. The first-order valence-electron chi connectivity index (χ1n) is 3.33. The average Bonchev–Trinajstić information content (AvgIpc) is 2.45. The molecule has 0 saturated heterocycles. The Labute approximate surface area is 78.3 Å². The lowest BCUT2D eigenvalue weighted by Crippen LogP contribution is -2.11. The fourth-order valence-electron chi connectivity index (χ4n) is 0.852. The minimum absolute atomic E-state index is 1.53. The zero-order valence-corrected chi connectivity index (χ0v) is 6.68. The van der Waals surface area contributed by atoms with Crippen molar-refractivity contribution >= 4 is 5.97 Å². The Morgan fingerprint density at radius 3 is 2.27 bits per heavy atom. The van der Waals surface area contributed by atoms with Crippen LogP contribution in [0, 0.1) is 0 Å². The lowest BCUT2D eigenvalue weighted by Gasteiger charge is -2.01. The fourth-order valence-corrected chi connectivity index (χ4v) is 0.852. The van der Waals surface area contributed by atoms with Gasteiger partial charge in [0, 0.05) is 0 Å². The van der Waals surface area contributed by atoms with Crippen molar-refractivity contribution in [2.45, 2.75) is 12.6 Å². The van der Waals surface area contributed by atoms with Gasteiger partial charge in [0.2, 0.25) is 0 Å². The van der Waals surface area contributed by atoms with Gasteiger partial charge in [-0.2, -0.15) is 13.2 Å². The molecule has 0 bridgehead atoms. The number of hydrogen-bond acceptors (Lipinski definition) is 3. The maximum atomic E-state index is 12.0. The molecule has 84 valence electrons. The summed E-state index contributed by atoms with van der Waals surface area (Å²) in [6, 6.07) is 0. The van der Waals surface area contributed by atoms with E-state index in [9.17, 15) is 26.7 Å². The van der Waals surface area contributed by atoms with Crippen LogP contribution in [0.4, 0.5) is 22.0 Å². The normalized spacial score (nSPS) is 12.1. The molecule has 0 aromatic carbocycles. The third-order valence-electron chi connectivity index (χ3n) is 1.40. The second kappa shape index (κ2) is 3.48. The highest BCUT2D eigenvalue weighted by Crippen LogP contribution is 2.35. The van der Waals surface area contributed by atoms with Gasteiger partial charge in [-0.15, -0.1) is 0 Å². The van der Waals surface area contributed by atoms with Crippen LogP contribution in [0.25, 0.3) is 0 Å². The van der Waals surface area contributed by atoms with Crippen molar-refractivity contribution in [1.29, 1.82) is 0 Å². The Morgan fingerprint density at radius 1 is 1.40 bits per heavy atom. The van der Waals surface area contributed by atoms with Gasteiger partial charge in [-0.3, -0.25) is 0 Å². The highest BCUT2D eigenvalue weighted by Gasteiger charge is 2.44. The van der Waals surface area contributed by atoms with Gasteiger partial charge in [0.15, 0.2) is 5.69 Å². The van der Waals surface area contributed by atoms with E-state index >= 15 is 0 Å². The highest BCUT2D eigenvalue weighted by molar-refractivity contribution is 5.90. The Hall–Kier alpha value is -1.67. The van der Waals surface area contributed by atoms with E-state index in [-0.39, 0.29) is 0 Å². The largest absolute Gasteiger partial charge is 0.477 e. The van der Waals surface area contributed by atoms with Crippen LogP contribution in [0.5, 0.6) is 0 Å². The summed E-state index contributed by atoms with van der Waals surface area (Å²) in [6.45, 7) is 0. The quantitative estimate of drug-likeness (QED) is 0.793. The van der Waals surface area contributed by atoms with Crippen LogP contribution in [-0.2, 0) is 6.18 Å². The van der Waals surface area contributed by atoms with Crippen molar-refractivity contribution in [3.05, 3.63) is 17.0 Å². The summed E-state index contributed by atoms with van der Waals surface area (Å²) in [5, 5.41) is 10.7. The third kappa shape index (κ3) is 2.05. The molecule has 4 nitrogen and oxygen atoms in total. The van der Waals surface area contributed by atoms with Crippen LogP contribution in [0.2, 0.25) is 0 Å². The van der Waals surface area contributed by atoms with Crippen LogP contribution in [0.3, 0.4) is 0 Å². The summed E-state index contributed by atoms with van der Waals surface area (Å²) >= 11 is 0. The van der Waals surface area contributed by atoms with Crippen molar-refractivity contribution in [2.75, 3.05) is 0 Å². The lowest BCUT2D eigenvalue weighted by molar-refractivity contribution is -0.156. The minimum Gasteiger partial charge on any atom is -0.477 e. The van der Waals surface area contributed by atoms with E-state index in [1.165, 1.54) is 0 Å². The molecule has 0 unspecified atom stereocenters. The summed E-state index contributed by atoms with van der Waals surface area (Å²) < 4.78 is 63.7. The molecule has 0 fully saturated rings. The molecule has 1 N–H and O–H groups in total. The number of nitrogens with zero attached hydrogens (tertiary/aromatic N) is 1. The Morgan fingerprint density at radius 2 is 1.93 bits per heavy atom. The Kier molecular flexibility index (Phi) is 2.65. The number of carbonyl (C=O) groups is 1. The van der Waals surface area contributed by atoms with Crippen molar-refractivity contribution < 1.29 is 36.4 Å². The third-order valence-corrected chi connectivity index (χ3v) is 1.40. The van der Waals surface area contributed by atoms with E-state index in [0.717, 1.165) is 0 Å². The number of hydrogen-bond donors (Lipinski definition) is 1. The van der Waals surface area contributed by atoms with Crippen molar-refractivity contribution in [3.8, 4) is 0 Å². The number of aromatic nitrogens is 1. The first kappa shape index (κ1) is 11.4. The van der Waals surface area contributed by atoms with Gasteiger partial charge in [-0.25, -0.2) is 13.6 Å². The SMILES string of the molecule is O=C(O)c1c(C(F)F)noc1C(F)(F)F. The zero-order valence-electron chi connectivity index (χ0n) is 6.68. The minimum atomic E-state index is -5.17. The van der Waals surface area contributed by atoms with Crippen LogP contribution < -0.4 is 0 Å². The topological polar surface area (TPSA) is 63.3 Å². The molecule has 1 aromatic heterocycles. The maximum absolute atomic E-state index is 12.0. The van der Waals surface area contributed by atoms with Gasteiger partial charge < -0.3 is 9.63 Å². The molecule has 0 atom stereocenters. The van der Waals surface area contributed by atoms with Gasteiger partial charge in [0.05, 0.1) is 0 Å². The van der Waals surface area contributed by atoms with Crippen LogP contribution >= 0.6 is 0 Å². The van der Waals surface area contributed by atoms with Crippen molar-refractivity contribution in [3.63, 3.8) is 0 Å². The summed E-state index contributed by atoms with van der Waals surface area (Å²) in [6.07, 6.45) is -8.62. The number of halogens is 5. The van der Waals surface area contributed by atoms with Gasteiger partial charge in [-0.1, -0.05) is 5.16 Å². The maximum Gasteiger partial charge on any atom is 0.453 e. The molecule has 0 aliphatic heterocycles. The highest BCUT2D eigenvalue weighted by atomic mass is 19.4. The van der Waals surface area contributed by atoms with Crippen molar-refractivity contribution in [1.82, 2.24) is 5.16 Å². The molecule has 0 aliphatic rings. The van der Waals surface area contributed by atoms with Crippen LogP contribution in [0.15, 0.2) is 4.52 Å². The van der Waals surface area contributed by atoms with Gasteiger partial charge in [0.1, 0.15) is 5.56 Å².